The van der Waals surface area contributed by atoms with E-state index in [4.69, 9.17) is 5.73 Å². The van der Waals surface area contributed by atoms with E-state index in [9.17, 15) is 0 Å². The van der Waals surface area contributed by atoms with Crippen LogP contribution in [0.5, 0.6) is 0 Å². The minimum absolute atomic E-state index is 0. The van der Waals surface area contributed by atoms with Crippen LogP contribution in [0.3, 0.4) is 0 Å². The lowest BCUT2D eigenvalue weighted by molar-refractivity contribution is 0.456. The first-order valence-electron chi connectivity index (χ1n) is 6.70. The lowest BCUT2D eigenvalue weighted by Gasteiger charge is -2.27. The topological polar surface area (TPSA) is 41.6 Å². The highest BCUT2D eigenvalue weighted by Gasteiger charge is 2.12. The van der Waals surface area contributed by atoms with Crippen LogP contribution in [0.15, 0.2) is 38.6 Å². The zero-order valence-electron chi connectivity index (χ0n) is 12.0. The Bertz CT molecular complexity index is 450. The van der Waals surface area contributed by atoms with Gasteiger partial charge in [-0.2, -0.15) is 11.8 Å². The van der Waals surface area contributed by atoms with Crippen molar-refractivity contribution in [1.29, 1.82) is 0 Å². The van der Waals surface area contributed by atoms with Crippen molar-refractivity contribution in [3.05, 3.63) is 28.7 Å². The minimum atomic E-state index is 0. The molecule has 3 nitrogen and oxygen atoms in total. The first kappa shape index (κ1) is 19.4. The van der Waals surface area contributed by atoms with E-state index in [1.165, 1.54) is 4.90 Å². The maximum Gasteiger partial charge on any atom is 0.191 e. The Morgan fingerprint density at radius 1 is 1.38 bits per heavy atom. The molecular formula is C14H21BrIN3S2. The number of hydrogen-bond donors (Lipinski definition) is 1. The summed E-state index contributed by atoms with van der Waals surface area (Å²) >= 11 is 7.27. The molecule has 21 heavy (non-hydrogen) atoms. The number of benzene rings is 1. The predicted octanol–water partition coefficient (Wildman–Crippen LogP) is 3.91. The van der Waals surface area contributed by atoms with E-state index in [1.807, 2.05) is 23.5 Å². The van der Waals surface area contributed by atoms with Gasteiger partial charge in [0.25, 0.3) is 0 Å². The largest absolute Gasteiger partial charge is 0.370 e. The molecule has 1 unspecified atom stereocenters. The van der Waals surface area contributed by atoms with Gasteiger partial charge in [-0.3, -0.25) is 4.99 Å². The fourth-order valence-corrected chi connectivity index (χ4v) is 3.97. The lowest BCUT2D eigenvalue weighted by atomic mass is 10.4. The quantitative estimate of drug-likeness (QED) is 0.294. The van der Waals surface area contributed by atoms with Crippen molar-refractivity contribution < 1.29 is 0 Å². The van der Waals surface area contributed by atoms with Crippen molar-refractivity contribution in [3.8, 4) is 0 Å². The maximum absolute atomic E-state index is 6.06. The Balaban J connectivity index is 0.00000220. The molecule has 118 valence electrons. The van der Waals surface area contributed by atoms with Crippen LogP contribution >= 0.6 is 63.4 Å². The van der Waals surface area contributed by atoms with Gasteiger partial charge in [0.2, 0.25) is 0 Å². The summed E-state index contributed by atoms with van der Waals surface area (Å²) in [5.41, 5.74) is 6.06. The normalized spacial score (nSPS) is 17.2. The van der Waals surface area contributed by atoms with Crippen molar-refractivity contribution in [2.45, 2.75) is 17.1 Å². The van der Waals surface area contributed by atoms with E-state index in [-0.39, 0.29) is 24.0 Å². The summed E-state index contributed by atoms with van der Waals surface area (Å²) in [6.45, 7) is 4.99. The third-order valence-corrected chi connectivity index (χ3v) is 5.56. The van der Waals surface area contributed by atoms with E-state index in [2.05, 4.69) is 57.0 Å². The van der Waals surface area contributed by atoms with Gasteiger partial charge in [-0.15, -0.1) is 35.7 Å². The Kier molecular flexibility index (Phi) is 9.47. The molecule has 1 fully saturated rings. The number of guanidine groups is 1. The molecule has 1 saturated heterocycles. The number of nitrogens with zero attached hydrogens (tertiary/aromatic N) is 2. The average Bonchev–Trinajstić information content (AvgIpc) is 2.48. The van der Waals surface area contributed by atoms with E-state index in [0.29, 0.717) is 11.2 Å². The minimum Gasteiger partial charge on any atom is -0.370 e. The molecule has 0 amide bonds. The molecule has 0 bridgehead atoms. The first-order chi connectivity index (χ1) is 9.65. The molecule has 0 aliphatic carbocycles. The van der Waals surface area contributed by atoms with Gasteiger partial charge >= 0.3 is 0 Å². The number of rotatable bonds is 4. The van der Waals surface area contributed by atoms with Gasteiger partial charge in [0.1, 0.15) is 0 Å². The molecule has 1 aromatic carbocycles. The second kappa shape index (κ2) is 10.2. The Hall–Kier alpha value is 0.400. The van der Waals surface area contributed by atoms with Gasteiger partial charge in [-0.1, -0.05) is 22.9 Å². The zero-order chi connectivity index (χ0) is 14.4. The van der Waals surface area contributed by atoms with Crippen LogP contribution in [0, 0.1) is 0 Å². The number of aliphatic imine (C=N–C) groups is 1. The van der Waals surface area contributed by atoms with Crippen LogP contribution in [0.25, 0.3) is 0 Å². The molecule has 1 heterocycles. The molecule has 0 radical (unpaired) electrons. The third kappa shape index (κ3) is 7.00. The van der Waals surface area contributed by atoms with Gasteiger partial charge in [0, 0.05) is 39.2 Å². The molecular weight excluding hydrogens is 481 g/mol. The number of hydrogen-bond acceptors (Lipinski definition) is 3. The molecule has 0 saturated carbocycles. The van der Waals surface area contributed by atoms with Crippen molar-refractivity contribution in [2.24, 2.45) is 10.7 Å². The summed E-state index contributed by atoms with van der Waals surface area (Å²) < 4.78 is 1.11. The molecule has 7 heteroatoms. The van der Waals surface area contributed by atoms with Gasteiger partial charge < -0.3 is 10.6 Å². The highest BCUT2D eigenvalue weighted by Crippen LogP contribution is 2.24. The van der Waals surface area contributed by atoms with Crippen LogP contribution in [0.4, 0.5) is 0 Å². The van der Waals surface area contributed by atoms with Crippen LogP contribution in [-0.4, -0.2) is 47.2 Å². The van der Waals surface area contributed by atoms with Gasteiger partial charge in [0.05, 0.1) is 6.54 Å². The molecule has 1 aliphatic heterocycles. The van der Waals surface area contributed by atoms with Crippen LogP contribution in [0.1, 0.15) is 6.92 Å². The molecule has 1 aliphatic rings. The SMILES string of the molecule is CC(CN=C(N)N1CCSCC1)Sc1ccc(Br)cc1.I. The standard InChI is InChI=1S/C14H20BrN3S2.HI/c1-11(20-13-4-2-12(15)3-5-13)10-17-14(16)18-6-8-19-9-7-18;/h2-5,11H,6-10H2,1H3,(H2,16,17);1H. The summed E-state index contributed by atoms with van der Waals surface area (Å²) in [6.07, 6.45) is 0. The Morgan fingerprint density at radius 3 is 2.62 bits per heavy atom. The molecule has 2 N–H and O–H groups in total. The summed E-state index contributed by atoms with van der Waals surface area (Å²) in [4.78, 5) is 8.00. The second-order valence-corrected chi connectivity index (χ2v) is 8.33. The summed E-state index contributed by atoms with van der Waals surface area (Å²) in [7, 11) is 0. The van der Waals surface area contributed by atoms with E-state index >= 15 is 0 Å². The molecule has 1 atom stereocenters. The molecule has 2 rings (SSSR count). The van der Waals surface area contributed by atoms with E-state index in [1.54, 1.807) is 0 Å². The molecule has 0 spiro atoms. The predicted molar refractivity (Wildman–Crippen MR) is 110 cm³/mol. The lowest BCUT2D eigenvalue weighted by Crippen LogP contribution is -2.42. The summed E-state index contributed by atoms with van der Waals surface area (Å²) in [5, 5.41) is 0.425. The van der Waals surface area contributed by atoms with Gasteiger partial charge in [0.15, 0.2) is 5.96 Å². The van der Waals surface area contributed by atoms with Crippen LogP contribution in [0.2, 0.25) is 0 Å². The molecule has 0 aromatic heterocycles. The highest BCUT2D eigenvalue weighted by atomic mass is 127. The van der Waals surface area contributed by atoms with Gasteiger partial charge in [-0.25, -0.2) is 0 Å². The molecule has 1 aromatic rings. The first-order valence-corrected chi connectivity index (χ1v) is 9.53. The average molecular weight is 502 g/mol. The van der Waals surface area contributed by atoms with Crippen LogP contribution < -0.4 is 5.73 Å². The number of thioether (sulfide) groups is 2. The Morgan fingerprint density at radius 2 is 2.00 bits per heavy atom. The number of nitrogens with two attached hydrogens (primary N) is 1. The zero-order valence-corrected chi connectivity index (χ0v) is 17.5. The van der Waals surface area contributed by atoms with Crippen molar-refractivity contribution in [3.63, 3.8) is 0 Å². The summed E-state index contributed by atoms with van der Waals surface area (Å²) in [6, 6.07) is 8.39. The summed E-state index contributed by atoms with van der Waals surface area (Å²) in [5.74, 6) is 3.01. The maximum atomic E-state index is 6.06. The third-order valence-electron chi connectivity index (χ3n) is 3.00. The van der Waals surface area contributed by atoms with E-state index in [0.717, 1.165) is 35.6 Å². The van der Waals surface area contributed by atoms with Gasteiger partial charge in [-0.05, 0) is 24.3 Å². The fraction of sp³-hybridized carbons (Fsp3) is 0.500. The monoisotopic (exact) mass is 501 g/mol. The Labute approximate surface area is 161 Å². The number of halogens is 2. The van der Waals surface area contributed by atoms with Crippen molar-refractivity contribution in [2.75, 3.05) is 31.1 Å². The van der Waals surface area contributed by atoms with E-state index < -0.39 is 0 Å². The highest BCUT2D eigenvalue weighted by molar-refractivity contribution is 14.0. The van der Waals surface area contributed by atoms with Crippen LogP contribution in [-0.2, 0) is 0 Å². The fourth-order valence-electron chi connectivity index (χ4n) is 1.90. The smallest absolute Gasteiger partial charge is 0.191 e. The second-order valence-electron chi connectivity index (χ2n) is 4.68. The van der Waals surface area contributed by atoms with Crippen molar-refractivity contribution in [1.82, 2.24) is 4.90 Å². The van der Waals surface area contributed by atoms with Crippen molar-refractivity contribution >= 4 is 69.4 Å².